The third kappa shape index (κ3) is 2.73. The van der Waals surface area contributed by atoms with E-state index in [2.05, 4.69) is 0 Å². The molecule has 1 aromatic rings. The molecule has 6 heteroatoms. The van der Waals surface area contributed by atoms with Crippen molar-refractivity contribution in [3.63, 3.8) is 0 Å². The molecule has 2 atom stereocenters. The largest absolute Gasteiger partial charge is 0.480 e. The Morgan fingerprint density at radius 3 is 2.84 bits per heavy atom. The molecule has 102 valence electrons. The van der Waals surface area contributed by atoms with Gasteiger partial charge in [-0.3, -0.25) is 19.8 Å². The van der Waals surface area contributed by atoms with E-state index in [-0.39, 0.29) is 11.6 Å². The molecule has 0 bridgehead atoms. The number of nitro groups is 1. The number of hydrogen-bond donors (Lipinski definition) is 1. The third-order valence-electron chi connectivity index (χ3n) is 3.62. The lowest BCUT2D eigenvalue weighted by Gasteiger charge is -2.22. The zero-order chi connectivity index (χ0) is 14.0. The van der Waals surface area contributed by atoms with Gasteiger partial charge < -0.3 is 5.11 Å². The molecule has 0 aromatic heterocycles. The number of benzene rings is 1. The summed E-state index contributed by atoms with van der Waals surface area (Å²) < 4.78 is 0. The van der Waals surface area contributed by atoms with Gasteiger partial charge in [0.25, 0.3) is 5.69 Å². The summed E-state index contributed by atoms with van der Waals surface area (Å²) in [5, 5.41) is 20.2. The van der Waals surface area contributed by atoms with Crippen molar-refractivity contribution in [2.75, 3.05) is 6.54 Å². The van der Waals surface area contributed by atoms with Gasteiger partial charge in [0, 0.05) is 18.2 Å². The first-order chi connectivity index (χ1) is 9.00. The fourth-order valence-corrected chi connectivity index (χ4v) is 2.64. The lowest BCUT2D eigenvalue weighted by molar-refractivity contribution is -0.385. The summed E-state index contributed by atoms with van der Waals surface area (Å²) in [5.41, 5.74) is 0.610. The second-order valence-corrected chi connectivity index (χ2v) is 4.91. The lowest BCUT2D eigenvalue weighted by atomic mass is 10.0. The zero-order valence-electron chi connectivity index (χ0n) is 10.7. The highest BCUT2D eigenvalue weighted by Crippen LogP contribution is 2.28. The molecular formula is C13H16N2O4. The second kappa shape index (κ2) is 5.36. The number of nitro benzene ring substituents is 1. The summed E-state index contributed by atoms with van der Waals surface area (Å²) in [6.07, 6.45) is 0.803. The van der Waals surface area contributed by atoms with Crippen LogP contribution in [0.15, 0.2) is 24.3 Å². The molecule has 1 aliphatic heterocycles. The molecule has 1 saturated heterocycles. The average Bonchev–Trinajstić information content (AvgIpc) is 2.71. The van der Waals surface area contributed by atoms with Crippen molar-refractivity contribution in [2.45, 2.75) is 25.9 Å². The molecule has 0 spiro atoms. The van der Waals surface area contributed by atoms with Gasteiger partial charge in [0.2, 0.25) is 0 Å². The van der Waals surface area contributed by atoms with E-state index in [9.17, 15) is 20.0 Å². The molecule has 0 aliphatic carbocycles. The lowest BCUT2D eigenvalue weighted by Crippen LogP contribution is -2.38. The Morgan fingerprint density at radius 1 is 1.53 bits per heavy atom. The van der Waals surface area contributed by atoms with Gasteiger partial charge in [-0.1, -0.05) is 25.1 Å². The minimum absolute atomic E-state index is 0.0474. The highest BCUT2D eigenvalue weighted by molar-refractivity contribution is 5.74. The smallest absolute Gasteiger partial charge is 0.321 e. The van der Waals surface area contributed by atoms with Gasteiger partial charge in [-0.05, 0) is 18.9 Å². The van der Waals surface area contributed by atoms with E-state index in [1.807, 2.05) is 6.92 Å². The summed E-state index contributed by atoms with van der Waals surface area (Å²) in [4.78, 5) is 23.6. The van der Waals surface area contributed by atoms with Crippen molar-refractivity contribution >= 4 is 11.7 Å². The molecule has 1 fully saturated rings. The number of hydrogen-bond acceptors (Lipinski definition) is 4. The van der Waals surface area contributed by atoms with Crippen molar-refractivity contribution < 1.29 is 14.8 Å². The van der Waals surface area contributed by atoms with Crippen LogP contribution in [0.5, 0.6) is 0 Å². The van der Waals surface area contributed by atoms with Gasteiger partial charge in [-0.2, -0.15) is 0 Å². The second-order valence-electron chi connectivity index (χ2n) is 4.91. The first-order valence-corrected chi connectivity index (χ1v) is 6.20. The van der Waals surface area contributed by atoms with Crippen LogP contribution in [0.4, 0.5) is 5.69 Å². The molecular weight excluding hydrogens is 248 g/mol. The van der Waals surface area contributed by atoms with E-state index in [1.165, 1.54) is 6.07 Å². The monoisotopic (exact) mass is 264 g/mol. The van der Waals surface area contributed by atoms with E-state index < -0.39 is 16.9 Å². The van der Waals surface area contributed by atoms with Crippen molar-refractivity contribution in [1.82, 2.24) is 4.90 Å². The molecule has 6 nitrogen and oxygen atoms in total. The van der Waals surface area contributed by atoms with Gasteiger partial charge >= 0.3 is 5.97 Å². The van der Waals surface area contributed by atoms with Crippen LogP contribution in [-0.2, 0) is 11.3 Å². The maximum atomic E-state index is 11.3. The molecule has 2 unspecified atom stereocenters. The van der Waals surface area contributed by atoms with E-state index in [0.29, 0.717) is 18.7 Å². The van der Waals surface area contributed by atoms with Crippen molar-refractivity contribution in [3.8, 4) is 0 Å². The molecule has 1 heterocycles. The average molecular weight is 264 g/mol. The van der Waals surface area contributed by atoms with Gasteiger partial charge in [0.15, 0.2) is 0 Å². The standard InChI is InChI=1S/C13H16N2O4/c1-9-6-7-14(12(9)13(16)17)8-10-4-2-3-5-11(10)15(18)19/h2-5,9,12H,6-8H2,1H3,(H,16,17). The summed E-state index contributed by atoms with van der Waals surface area (Å²) in [6, 6.07) is 5.92. The normalized spacial score (nSPS) is 23.4. The Bertz CT molecular complexity index is 503. The predicted molar refractivity (Wildman–Crippen MR) is 68.7 cm³/mol. The minimum atomic E-state index is -0.858. The van der Waals surface area contributed by atoms with Crippen molar-refractivity contribution in [2.24, 2.45) is 5.92 Å². The SMILES string of the molecule is CC1CCN(Cc2ccccc2[N+](=O)[O-])C1C(=O)O. The summed E-state index contributed by atoms with van der Waals surface area (Å²) >= 11 is 0. The van der Waals surface area contributed by atoms with E-state index in [1.54, 1.807) is 23.1 Å². The van der Waals surface area contributed by atoms with Crippen LogP contribution >= 0.6 is 0 Å². The number of rotatable bonds is 4. The third-order valence-corrected chi connectivity index (χ3v) is 3.62. The first-order valence-electron chi connectivity index (χ1n) is 6.20. The Balaban J connectivity index is 2.22. The first kappa shape index (κ1) is 13.5. The number of carbonyl (C=O) groups is 1. The van der Waals surface area contributed by atoms with Crippen molar-refractivity contribution in [3.05, 3.63) is 39.9 Å². The molecule has 0 amide bonds. The van der Waals surface area contributed by atoms with Crippen LogP contribution in [0.1, 0.15) is 18.9 Å². The van der Waals surface area contributed by atoms with E-state index in [4.69, 9.17) is 0 Å². The van der Waals surface area contributed by atoms with Crippen LogP contribution in [0, 0.1) is 16.0 Å². The maximum Gasteiger partial charge on any atom is 0.321 e. The number of carboxylic acids is 1. The summed E-state index contributed by atoms with van der Waals surface area (Å²) in [6.45, 7) is 2.86. The molecule has 1 aromatic carbocycles. The number of para-hydroxylation sites is 1. The predicted octanol–water partition coefficient (Wildman–Crippen LogP) is 1.89. The van der Waals surface area contributed by atoms with Crippen LogP contribution in [0.2, 0.25) is 0 Å². The highest BCUT2D eigenvalue weighted by atomic mass is 16.6. The fraction of sp³-hybridized carbons (Fsp3) is 0.462. The van der Waals surface area contributed by atoms with Gasteiger partial charge in [0.1, 0.15) is 6.04 Å². The quantitative estimate of drug-likeness (QED) is 0.663. The Labute approximate surface area is 110 Å². The molecule has 19 heavy (non-hydrogen) atoms. The fourth-order valence-electron chi connectivity index (χ4n) is 2.64. The molecule has 2 rings (SSSR count). The molecule has 1 N–H and O–H groups in total. The maximum absolute atomic E-state index is 11.3. The van der Waals surface area contributed by atoms with Crippen LogP contribution in [0.3, 0.4) is 0 Å². The zero-order valence-corrected chi connectivity index (χ0v) is 10.7. The summed E-state index contributed by atoms with van der Waals surface area (Å²) in [7, 11) is 0. The topological polar surface area (TPSA) is 83.7 Å². The number of nitrogens with zero attached hydrogens (tertiary/aromatic N) is 2. The highest BCUT2D eigenvalue weighted by Gasteiger charge is 2.37. The molecule has 0 radical (unpaired) electrons. The number of carboxylic acid groups (broad SMARTS) is 1. The number of likely N-dealkylation sites (tertiary alicyclic amines) is 1. The van der Waals surface area contributed by atoms with Crippen LogP contribution in [0.25, 0.3) is 0 Å². The Hall–Kier alpha value is -1.95. The molecule has 0 saturated carbocycles. The van der Waals surface area contributed by atoms with Gasteiger partial charge in [-0.25, -0.2) is 0 Å². The minimum Gasteiger partial charge on any atom is -0.480 e. The summed E-state index contributed by atoms with van der Waals surface area (Å²) in [5.74, 6) is -0.788. The molecule has 1 aliphatic rings. The number of aliphatic carboxylic acids is 1. The van der Waals surface area contributed by atoms with E-state index in [0.717, 1.165) is 6.42 Å². The van der Waals surface area contributed by atoms with Crippen molar-refractivity contribution in [1.29, 1.82) is 0 Å². The van der Waals surface area contributed by atoms with Crippen LogP contribution in [-0.4, -0.2) is 33.5 Å². The Morgan fingerprint density at radius 2 is 2.21 bits per heavy atom. The van der Waals surface area contributed by atoms with Crippen LogP contribution < -0.4 is 0 Å². The Kier molecular flexibility index (Phi) is 3.80. The van der Waals surface area contributed by atoms with E-state index >= 15 is 0 Å². The van der Waals surface area contributed by atoms with Gasteiger partial charge in [-0.15, -0.1) is 0 Å². The van der Waals surface area contributed by atoms with Gasteiger partial charge in [0.05, 0.1) is 4.92 Å².